The Labute approximate surface area is 174 Å². The van der Waals surface area contributed by atoms with E-state index in [1.54, 1.807) is 28.6 Å². The van der Waals surface area contributed by atoms with Crippen molar-refractivity contribution in [1.29, 1.82) is 0 Å². The van der Waals surface area contributed by atoms with Crippen molar-refractivity contribution in [2.24, 2.45) is 5.92 Å². The molecule has 0 radical (unpaired) electrons. The van der Waals surface area contributed by atoms with Gasteiger partial charge in [0.25, 0.3) is 5.91 Å². The van der Waals surface area contributed by atoms with Crippen molar-refractivity contribution in [3.63, 3.8) is 0 Å². The van der Waals surface area contributed by atoms with Crippen LogP contribution in [0.1, 0.15) is 60.6 Å². The van der Waals surface area contributed by atoms with E-state index in [0.717, 1.165) is 24.8 Å². The first-order chi connectivity index (χ1) is 13.8. The van der Waals surface area contributed by atoms with E-state index in [1.807, 2.05) is 30.3 Å². The van der Waals surface area contributed by atoms with Crippen molar-refractivity contribution >= 4 is 15.9 Å². The molecule has 1 aliphatic rings. The molecule has 0 aromatic heterocycles. The number of carbonyl (C=O) groups excluding carboxylic acids is 1. The van der Waals surface area contributed by atoms with E-state index in [1.165, 1.54) is 0 Å². The van der Waals surface area contributed by atoms with E-state index >= 15 is 0 Å². The lowest BCUT2D eigenvalue weighted by atomic mass is 9.96. The Bertz CT molecular complexity index is 903. The summed E-state index contributed by atoms with van der Waals surface area (Å²) in [7, 11) is -3.28. The van der Waals surface area contributed by atoms with Gasteiger partial charge in [0.1, 0.15) is 0 Å². The Morgan fingerprint density at radius 3 is 2.21 bits per heavy atom. The molecule has 1 aliphatic heterocycles. The predicted octanol–water partition coefficient (Wildman–Crippen LogP) is 4.13. The highest BCUT2D eigenvalue weighted by atomic mass is 32.2. The van der Waals surface area contributed by atoms with Gasteiger partial charge in [-0.2, -0.15) is 0 Å². The van der Waals surface area contributed by atoms with Crippen molar-refractivity contribution in [3.05, 3.63) is 71.3 Å². The van der Waals surface area contributed by atoms with Crippen LogP contribution in [0.3, 0.4) is 0 Å². The summed E-state index contributed by atoms with van der Waals surface area (Å²) in [5.41, 5.74) is 2.33. The third kappa shape index (κ3) is 5.90. The van der Waals surface area contributed by atoms with Crippen LogP contribution in [-0.4, -0.2) is 31.7 Å². The van der Waals surface area contributed by atoms with Gasteiger partial charge in [0.05, 0.1) is 11.8 Å². The molecule has 2 aromatic rings. The number of nitrogens with one attached hydrogen (secondary N) is 1. The Morgan fingerprint density at radius 1 is 1.00 bits per heavy atom. The summed E-state index contributed by atoms with van der Waals surface area (Å²) in [5, 5.41) is 3.13. The molecule has 1 N–H and O–H groups in total. The van der Waals surface area contributed by atoms with Crippen LogP contribution in [0.5, 0.6) is 0 Å². The Hall–Kier alpha value is -2.18. The summed E-state index contributed by atoms with van der Waals surface area (Å²) in [4.78, 5) is 12.8. The molecular formula is C23H30N2O3S. The second-order valence-electron chi connectivity index (χ2n) is 8.13. The minimum atomic E-state index is -3.28. The number of carbonyl (C=O) groups is 1. The minimum Gasteiger partial charge on any atom is -0.345 e. The van der Waals surface area contributed by atoms with Crippen molar-refractivity contribution in [1.82, 2.24) is 9.62 Å². The first-order valence-electron chi connectivity index (χ1n) is 10.3. The van der Waals surface area contributed by atoms with Crippen LogP contribution in [0.4, 0.5) is 0 Å². The van der Waals surface area contributed by atoms with Gasteiger partial charge in [0.2, 0.25) is 10.0 Å². The van der Waals surface area contributed by atoms with Crippen LogP contribution in [-0.2, 0) is 15.8 Å². The highest BCUT2D eigenvalue weighted by Gasteiger charge is 2.25. The average Bonchev–Trinajstić information content (AvgIpc) is 3.24. The van der Waals surface area contributed by atoms with Crippen LogP contribution in [0, 0.1) is 5.92 Å². The van der Waals surface area contributed by atoms with Gasteiger partial charge >= 0.3 is 0 Å². The van der Waals surface area contributed by atoms with E-state index in [0.29, 0.717) is 30.1 Å². The van der Waals surface area contributed by atoms with Gasteiger partial charge in [-0.15, -0.1) is 0 Å². The maximum Gasteiger partial charge on any atom is 0.251 e. The van der Waals surface area contributed by atoms with Crippen LogP contribution in [0.25, 0.3) is 0 Å². The molecule has 156 valence electrons. The second kappa shape index (κ2) is 9.55. The molecule has 6 heteroatoms. The largest absolute Gasteiger partial charge is 0.345 e. The monoisotopic (exact) mass is 414 g/mol. The predicted molar refractivity (Wildman–Crippen MR) is 116 cm³/mol. The smallest absolute Gasteiger partial charge is 0.251 e. The van der Waals surface area contributed by atoms with Crippen molar-refractivity contribution < 1.29 is 13.2 Å². The summed E-state index contributed by atoms with van der Waals surface area (Å²) in [6, 6.07) is 16.8. The molecular weight excluding hydrogens is 384 g/mol. The van der Waals surface area contributed by atoms with E-state index in [4.69, 9.17) is 0 Å². The number of amides is 1. The molecule has 0 spiro atoms. The van der Waals surface area contributed by atoms with Crippen molar-refractivity contribution in [2.75, 3.05) is 13.1 Å². The number of nitrogens with zero attached hydrogens (tertiary/aromatic N) is 1. The molecule has 1 amide bonds. The number of hydrogen-bond acceptors (Lipinski definition) is 3. The summed E-state index contributed by atoms with van der Waals surface area (Å²) in [6.07, 6.45) is 2.70. The van der Waals surface area contributed by atoms with E-state index < -0.39 is 10.0 Å². The molecule has 0 unspecified atom stereocenters. The average molecular weight is 415 g/mol. The molecule has 1 fully saturated rings. The van der Waals surface area contributed by atoms with Gasteiger partial charge in [-0.1, -0.05) is 56.3 Å². The number of rotatable bonds is 8. The lowest BCUT2D eigenvalue weighted by Gasteiger charge is -2.21. The van der Waals surface area contributed by atoms with Gasteiger partial charge in [0.15, 0.2) is 0 Å². The van der Waals surface area contributed by atoms with Gasteiger partial charge in [-0.25, -0.2) is 12.7 Å². The fraction of sp³-hybridized carbons (Fsp3) is 0.435. The molecule has 5 nitrogen and oxygen atoms in total. The van der Waals surface area contributed by atoms with Gasteiger partial charge < -0.3 is 5.32 Å². The van der Waals surface area contributed by atoms with Crippen LogP contribution in [0.2, 0.25) is 0 Å². The topological polar surface area (TPSA) is 66.5 Å². The zero-order valence-electron chi connectivity index (χ0n) is 17.2. The van der Waals surface area contributed by atoms with Crippen molar-refractivity contribution in [3.8, 4) is 0 Å². The van der Waals surface area contributed by atoms with Gasteiger partial charge in [-0.3, -0.25) is 4.79 Å². The lowest BCUT2D eigenvalue weighted by Crippen LogP contribution is -2.30. The maximum absolute atomic E-state index is 12.8. The number of hydrogen-bond donors (Lipinski definition) is 1. The number of sulfonamides is 1. The molecule has 29 heavy (non-hydrogen) atoms. The van der Waals surface area contributed by atoms with E-state index in [2.05, 4.69) is 19.2 Å². The van der Waals surface area contributed by atoms with Crippen LogP contribution < -0.4 is 5.32 Å². The first kappa shape index (κ1) is 21.5. The quantitative estimate of drug-likeness (QED) is 0.706. The standard InChI is InChI=1S/C23H30N2O3S/c1-18(2)16-22(20-8-4-3-5-9-20)24-23(26)21-12-10-19(11-13-21)17-29(27,28)25-14-6-7-15-25/h3-5,8-13,18,22H,6-7,14-17H2,1-2H3,(H,24,26)/t22-/m0/s1. The molecule has 0 saturated carbocycles. The molecule has 3 rings (SSSR count). The van der Waals surface area contributed by atoms with Crippen molar-refractivity contribution in [2.45, 2.75) is 44.9 Å². The fourth-order valence-electron chi connectivity index (χ4n) is 3.70. The van der Waals surface area contributed by atoms with Crippen LogP contribution in [0.15, 0.2) is 54.6 Å². The molecule has 0 aliphatic carbocycles. The molecule has 1 saturated heterocycles. The Kier molecular flexibility index (Phi) is 7.09. The molecule has 1 heterocycles. The SMILES string of the molecule is CC(C)C[C@H](NC(=O)c1ccc(CS(=O)(=O)N2CCCC2)cc1)c1ccccc1. The Balaban J connectivity index is 1.67. The molecule has 0 bridgehead atoms. The highest BCUT2D eigenvalue weighted by molar-refractivity contribution is 7.88. The minimum absolute atomic E-state index is 0.0190. The fourth-order valence-corrected chi connectivity index (χ4v) is 5.31. The van der Waals surface area contributed by atoms with E-state index in [-0.39, 0.29) is 17.7 Å². The van der Waals surface area contributed by atoms with E-state index in [9.17, 15) is 13.2 Å². The second-order valence-corrected chi connectivity index (χ2v) is 10.1. The molecule has 2 aromatic carbocycles. The Morgan fingerprint density at radius 2 is 1.62 bits per heavy atom. The summed E-state index contributed by atoms with van der Waals surface area (Å²) in [5.74, 6) is 0.279. The molecule has 1 atom stereocenters. The van der Waals surface area contributed by atoms with Gasteiger partial charge in [0, 0.05) is 18.7 Å². The normalized spacial score (nSPS) is 16.1. The zero-order chi connectivity index (χ0) is 20.9. The number of benzene rings is 2. The summed E-state index contributed by atoms with van der Waals surface area (Å²) < 4.78 is 26.5. The summed E-state index contributed by atoms with van der Waals surface area (Å²) >= 11 is 0. The van der Waals surface area contributed by atoms with Gasteiger partial charge in [-0.05, 0) is 48.4 Å². The third-order valence-electron chi connectivity index (χ3n) is 5.24. The maximum atomic E-state index is 12.8. The summed E-state index contributed by atoms with van der Waals surface area (Å²) in [6.45, 7) is 5.49. The third-order valence-corrected chi connectivity index (χ3v) is 7.09. The lowest BCUT2D eigenvalue weighted by molar-refractivity contribution is 0.0932. The first-order valence-corrected chi connectivity index (χ1v) is 11.9. The zero-order valence-corrected chi connectivity index (χ0v) is 18.0. The highest BCUT2D eigenvalue weighted by Crippen LogP contribution is 2.22. The van der Waals surface area contributed by atoms with Crippen LogP contribution >= 0.6 is 0 Å².